The molecule has 0 saturated heterocycles. The lowest BCUT2D eigenvalue weighted by molar-refractivity contribution is -0.115. The number of ether oxygens (including phenoxy) is 1. The molecule has 1 rings (SSSR count). The predicted molar refractivity (Wildman–Crippen MR) is 119 cm³/mol. The normalized spacial score (nSPS) is 11.4. The number of alkyl halides is 1. The van der Waals surface area contributed by atoms with E-state index in [9.17, 15) is 13.6 Å². The number of amides is 1. The van der Waals surface area contributed by atoms with E-state index in [4.69, 9.17) is 22.1 Å². The van der Waals surface area contributed by atoms with Crippen LogP contribution in [-0.4, -0.2) is 33.0 Å². The highest BCUT2D eigenvalue weighted by atomic mass is 35.5. The standard InChI is InChI=1S/C9H12O.C8H11ClFN.C5H6FNO/c1-7-4-5-9(10-3)6-8(7)2;1-2-3-7(6-11)4-8(9)5-10;1-3-4(6)5(8)7-2/h4-6H,1-3H3;2-4H,1,5-6,11H2;3H,2H2,1H3/b;7-3+,8-4+;4-3+. The summed E-state index contributed by atoms with van der Waals surface area (Å²) in [6.07, 6.45) is 5.82. The van der Waals surface area contributed by atoms with Gasteiger partial charge >= 0.3 is 5.91 Å². The van der Waals surface area contributed by atoms with Crippen molar-refractivity contribution in [2.75, 3.05) is 20.3 Å². The van der Waals surface area contributed by atoms with Crippen LogP contribution < -0.4 is 10.5 Å². The molecule has 0 aliphatic carbocycles. The Morgan fingerprint density at radius 2 is 1.97 bits per heavy atom. The summed E-state index contributed by atoms with van der Waals surface area (Å²) in [5, 5.41) is 0.156. The Balaban J connectivity index is 0. The predicted octanol–water partition coefficient (Wildman–Crippen LogP) is 5.55. The number of nitrogens with two attached hydrogens (primary N) is 1. The third-order valence-corrected chi connectivity index (χ3v) is 3.56. The summed E-state index contributed by atoms with van der Waals surface area (Å²) < 4.78 is 28.8. The summed E-state index contributed by atoms with van der Waals surface area (Å²) >= 11 is 5.43. The van der Waals surface area contributed by atoms with E-state index < -0.39 is 18.4 Å². The van der Waals surface area contributed by atoms with Crippen molar-refractivity contribution in [3.05, 3.63) is 76.6 Å². The first-order chi connectivity index (χ1) is 13.7. The second kappa shape index (κ2) is 17.5. The lowest BCUT2D eigenvalue weighted by atomic mass is 10.1. The number of halogens is 3. The SMILES string of the molecule is C=C/C=C(\C=C(\Cl)CF)CN.C=NC(=O)/C(F)=C\C.COc1ccc(C)c(C)c1. The van der Waals surface area contributed by atoms with Crippen molar-refractivity contribution in [2.45, 2.75) is 20.8 Å². The minimum Gasteiger partial charge on any atom is -0.497 e. The molecule has 0 aliphatic rings. The minimum absolute atomic E-state index is 0.156. The molecule has 0 fully saturated rings. The van der Waals surface area contributed by atoms with E-state index in [1.54, 1.807) is 19.3 Å². The molecule has 0 spiro atoms. The fourth-order valence-corrected chi connectivity index (χ4v) is 1.75. The van der Waals surface area contributed by atoms with Crippen molar-refractivity contribution in [1.29, 1.82) is 0 Å². The van der Waals surface area contributed by atoms with Crippen LogP contribution in [0.4, 0.5) is 8.78 Å². The van der Waals surface area contributed by atoms with Gasteiger partial charge in [0.05, 0.1) is 7.11 Å². The van der Waals surface area contributed by atoms with Crippen LogP contribution in [-0.2, 0) is 4.79 Å². The highest BCUT2D eigenvalue weighted by molar-refractivity contribution is 6.29. The van der Waals surface area contributed by atoms with Crippen molar-refractivity contribution in [1.82, 2.24) is 0 Å². The van der Waals surface area contributed by atoms with Crippen LogP contribution in [0.5, 0.6) is 5.75 Å². The number of carbonyl (C=O) groups excluding carboxylic acids is 1. The van der Waals surface area contributed by atoms with Crippen molar-refractivity contribution >= 4 is 24.2 Å². The molecular formula is C22H29ClF2N2O2. The van der Waals surface area contributed by atoms with Gasteiger partial charge in [0.25, 0.3) is 0 Å². The third-order valence-electron chi connectivity index (χ3n) is 3.35. The molecule has 7 heteroatoms. The summed E-state index contributed by atoms with van der Waals surface area (Å²) in [6.45, 7) is 11.6. The quantitative estimate of drug-likeness (QED) is 0.368. The van der Waals surface area contributed by atoms with Crippen molar-refractivity contribution in [2.24, 2.45) is 10.7 Å². The maximum absolute atomic E-state index is 11.9. The number of methoxy groups -OCH3 is 1. The first-order valence-corrected chi connectivity index (χ1v) is 8.96. The Kier molecular flexibility index (Phi) is 17.3. The first-order valence-electron chi connectivity index (χ1n) is 8.58. The molecule has 4 nitrogen and oxygen atoms in total. The maximum atomic E-state index is 11.9. The molecule has 1 aromatic rings. The summed E-state index contributed by atoms with van der Waals surface area (Å²) in [5.74, 6) is -0.837. The van der Waals surface area contributed by atoms with Crippen LogP contribution in [0.2, 0.25) is 0 Å². The van der Waals surface area contributed by atoms with Gasteiger partial charge in [-0.15, -0.1) is 0 Å². The number of aryl methyl sites for hydroxylation is 2. The van der Waals surface area contributed by atoms with Gasteiger partial charge in [-0.1, -0.05) is 36.4 Å². The maximum Gasteiger partial charge on any atom is 0.304 e. The molecule has 1 amide bonds. The van der Waals surface area contributed by atoms with Crippen molar-refractivity contribution < 1.29 is 18.3 Å². The highest BCUT2D eigenvalue weighted by Gasteiger charge is 2.00. The Morgan fingerprint density at radius 3 is 2.31 bits per heavy atom. The zero-order valence-electron chi connectivity index (χ0n) is 17.3. The molecule has 0 atom stereocenters. The number of allylic oxidation sites excluding steroid dienone is 4. The number of carbonyl (C=O) groups is 1. The second-order valence-electron chi connectivity index (χ2n) is 5.46. The Morgan fingerprint density at radius 1 is 1.34 bits per heavy atom. The first kappa shape index (κ1) is 28.6. The average molecular weight is 427 g/mol. The van der Waals surface area contributed by atoms with Gasteiger partial charge < -0.3 is 10.5 Å². The average Bonchev–Trinajstić information content (AvgIpc) is 2.74. The number of aliphatic imine (C=N–C) groups is 1. The largest absolute Gasteiger partial charge is 0.497 e. The molecule has 0 saturated carbocycles. The third kappa shape index (κ3) is 14.1. The summed E-state index contributed by atoms with van der Waals surface area (Å²) in [7, 11) is 1.68. The topological polar surface area (TPSA) is 64.7 Å². The molecule has 0 aromatic heterocycles. The van der Waals surface area contributed by atoms with Crippen LogP contribution in [0.1, 0.15) is 18.1 Å². The molecule has 0 unspecified atom stereocenters. The van der Waals surface area contributed by atoms with Crippen LogP contribution in [0, 0.1) is 13.8 Å². The van der Waals surface area contributed by atoms with Gasteiger partial charge in [0.2, 0.25) is 0 Å². The van der Waals surface area contributed by atoms with Crippen molar-refractivity contribution in [3.63, 3.8) is 0 Å². The Labute approximate surface area is 177 Å². The Bertz CT molecular complexity index is 757. The van der Waals surface area contributed by atoms with Gasteiger partial charge in [-0.2, -0.15) is 0 Å². The second-order valence-corrected chi connectivity index (χ2v) is 5.94. The molecule has 1 aromatic carbocycles. The van der Waals surface area contributed by atoms with Crippen molar-refractivity contribution in [3.8, 4) is 5.75 Å². The van der Waals surface area contributed by atoms with Crippen LogP contribution in [0.25, 0.3) is 0 Å². The minimum atomic E-state index is -0.910. The monoisotopic (exact) mass is 426 g/mol. The Hall–Kier alpha value is -2.57. The van der Waals surface area contributed by atoms with Crippen LogP contribution >= 0.6 is 11.6 Å². The number of hydrogen-bond donors (Lipinski definition) is 1. The number of hydrogen-bond acceptors (Lipinski definition) is 3. The van der Waals surface area contributed by atoms with E-state index in [1.165, 1.54) is 24.1 Å². The lowest BCUT2D eigenvalue weighted by Crippen LogP contribution is -2.01. The van der Waals surface area contributed by atoms with Gasteiger partial charge in [-0.25, -0.2) is 13.8 Å². The molecule has 0 aliphatic heterocycles. The summed E-state index contributed by atoms with van der Waals surface area (Å²) in [6, 6.07) is 6.08. The summed E-state index contributed by atoms with van der Waals surface area (Å²) in [4.78, 5) is 12.9. The van der Waals surface area contributed by atoms with Gasteiger partial charge in [-0.3, -0.25) is 4.79 Å². The van der Waals surface area contributed by atoms with Crippen LogP contribution in [0.3, 0.4) is 0 Å². The molecule has 0 radical (unpaired) electrons. The van der Waals surface area contributed by atoms with Gasteiger partial charge in [-0.05, 0) is 68.5 Å². The molecule has 29 heavy (non-hydrogen) atoms. The number of rotatable bonds is 6. The number of benzene rings is 1. The molecule has 160 valence electrons. The lowest BCUT2D eigenvalue weighted by Gasteiger charge is -2.02. The van der Waals surface area contributed by atoms with E-state index in [0.29, 0.717) is 6.54 Å². The molecule has 2 N–H and O–H groups in total. The zero-order valence-corrected chi connectivity index (χ0v) is 18.1. The molecule has 0 heterocycles. The van der Waals surface area contributed by atoms with E-state index >= 15 is 0 Å². The summed E-state index contributed by atoms with van der Waals surface area (Å²) in [5.41, 5.74) is 8.67. The van der Waals surface area contributed by atoms with E-state index in [0.717, 1.165) is 17.4 Å². The van der Waals surface area contributed by atoms with Gasteiger partial charge in [0.1, 0.15) is 12.4 Å². The van der Waals surface area contributed by atoms with E-state index in [-0.39, 0.29) is 5.03 Å². The van der Waals surface area contributed by atoms with E-state index in [1.807, 2.05) is 12.1 Å². The van der Waals surface area contributed by atoms with Gasteiger partial charge in [0.15, 0.2) is 5.83 Å². The van der Waals surface area contributed by atoms with Crippen LogP contribution in [0.15, 0.2) is 70.5 Å². The molecular weight excluding hydrogens is 398 g/mol. The molecule has 0 bridgehead atoms. The number of nitrogens with zero attached hydrogens (tertiary/aromatic N) is 1. The zero-order chi connectivity index (χ0) is 22.8. The van der Waals surface area contributed by atoms with Gasteiger partial charge in [0, 0.05) is 11.6 Å². The highest BCUT2D eigenvalue weighted by Crippen LogP contribution is 2.15. The fourth-order valence-electron chi connectivity index (χ4n) is 1.61. The van der Waals surface area contributed by atoms with E-state index in [2.05, 4.69) is 38.2 Å². The fraction of sp³-hybridized carbons (Fsp3) is 0.273. The smallest absolute Gasteiger partial charge is 0.304 e.